The maximum Gasteiger partial charge on any atom is 0.338 e. The monoisotopic (exact) mass is 654 g/mol. The normalized spacial score (nSPS) is 17.7. The van der Waals surface area contributed by atoms with Gasteiger partial charge in [-0.2, -0.15) is 0 Å². The summed E-state index contributed by atoms with van der Waals surface area (Å²) in [6.45, 7) is 0.576. The van der Waals surface area contributed by atoms with Crippen LogP contribution in [-0.4, -0.2) is 48.2 Å². The molecule has 2 aliphatic heterocycles. The number of esters is 2. The number of hydrogen-bond donors (Lipinski definition) is 0. The van der Waals surface area contributed by atoms with Crippen molar-refractivity contribution in [3.63, 3.8) is 0 Å². The molecule has 0 aromatic heterocycles. The van der Waals surface area contributed by atoms with E-state index in [9.17, 15) is 9.59 Å². The zero-order valence-electron chi connectivity index (χ0n) is 24.0. The maximum absolute atomic E-state index is 13.0. The highest BCUT2D eigenvalue weighted by atomic mass is 32.2. The molecule has 0 bridgehead atoms. The standard InChI is InChI=1S/C36H30O4S4/c37-33(23-11-13-27-25-7-1-3-9-29(25)35(31(27)21-23)41-17-18-42-35)39-15-5-6-16-40-34(38)24-12-14-28-26-8-2-4-10-30(26)36(32(28)22-24)43-19-20-44-36/h1-4,7-14,21-22H,5-6,15-20H2. The third-order valence-electron chi connectivity index (χ3n) is 8.76. The van der Waals surface area contributed by atoms with Crippen molar-refractivity contribution in [2.75, 3.05) is 36.2 Å². The zero-order valence-corrected chi connectivity index (χ0v) is 27.3. The summed E-state index contributed by atoms with van der Waals surface area (Å²) in [5.74, 6) is 3.77. The third-order valence-corrected chi connectivity index (χ3v) is 15.7. The molecule has 0 amide bonds. The fourth-order valence-corrected chi connectivity index (χ4v) is 13.6. The van der Waals surface area contributed by atoms with Crippen LogP contribution in [-0.2, 0) is 17.6 Å². The molecule has 4 nitrogen and oxygen atoms in total. The molecule has 0 saturated carbocycles. The molecule has 0 atom stereocenters. The van der Waals surface area contributed by atoms with Crippen LogP contribution in [0.2, 0.25) is 0 Å². The highest BCUT2D eigenvalue weighted by Gasteiger charge is 2.48. The molecule has 4 aromatic rings. The van der Waals surface area contributed by atoms with Gasteiger partial charge in [-0.3, -0.25) is 0 Å². The van der Waals surface area contributed by atoms with Crippen LogP contribution < -0.4 is 0 Å². The van der Waals surface area contributed by atoms with Crippen LogP contribution in [0.3, 0.4) is 0 Å². The second kappa shape index (κ2) is 11.5. The molecule has 2 fully saturated rings. The first-order chi connectivity index (χ1) is 21.6. The van der Waals surface area contributed by atoms with E-state index in [1.54, 1.807) is 0 Å². The van der Waals surface area contributed by atoms with Gasteiger partial charge in [0.25, 0.3) is 0 Å². The fraction of sp³-hybridized carbons (Fsp3) is 0.278. The first kappa shape index (κ1) is 28.7. The molecule has 4 aliphatic rings. The minimum Gasteiger partial charge on any atom is -0.462 e. The van der Waals surface area contributed by atoms with Crippen molar-refractivity contribution in [2.24, 2.45) is 0 Å². The predicted molar refractivity (Wildman–Crippen MR) is 185 cm³/mol. The summed E-state index contributed by atoms with van der Waals surface area (Å²) in [4.78, 5) is 26.0. The Morgan fingerprint density at radius 1 is 0.523 bits per heavy atom. The molecule has 2 spiro atoms. The Morgan fingerprint density at radius 2 is 0.909 bits per heavy atom. The van der Waals surface area contributed by atoms with Crippen molar-refractivity contribution >= 4 is 59.0 Å². The lowest BCUT2D eigenvalue weighted by Gasteiger charge is -2.24. The van der Waals surface area contributed by atoms with E-state index >= 15 is 0 Å². The summed E-state index contributed by atoms with van der Waals surface area (Å²) in [6.07, 6.45) is 1.25. The molecule has 2 saturated heterocycles. The number of thioether (sulfide) groups is 4. The number of hydrogen-bond acceptors (Lipinski definition) is 8. The van der Waals surface area contributed by atoms with Gasteiger partial charge >= 0.3 is 11.9 Å². The Morgan fingerprint density at radius 3 is 1.34 bits per heavy atom. The number of carbonyl (C=O) groups excluding carboxylic acids is 2. The number of unbranched alkanes of at least 4 members (excludes halogenated alkanes) is 1. The average Bonchev–Trinajstić information content (AvgIpc) is 3.86. The van der Waals surface area contributed by atoms with Crippen LogP contribution in [0.1, 0.15) is 55.8 Å². The van der Waals surface area contributed by atoms with Crippen LogP contribution in [0.25, 0.3) is 22.3 Å². The SMILES string of the molecule is O=C(OCCCCOC(=O)c1ccc2c(c1)C1(SCCS1)c1ccccc1-2)c1ccc2c(c1)C1(SCCS1)c1ccccc1-2. The number of fused-ring (bicyclic) bond motifs is 10. The highest BCUT2D eigenvalue weighted by molar-refractivity contribution is 8.21. The summed E-state index contributed by atoms with van der Waals surface area (Å²) in [5, 5.41) is 0. The van der Waals surface area contributed by atoms with E-state index in [-0.39, 0.29) is 33.3 Å². The second-order valence-corrected chi connectivity index (χ2v) is 17.0. The molecule has 4 aromatic carbocycles. The van der Waals surface area contributed by atoms with E-state index in [0.29, 0.717) is 24.0 Å². The van der Waals surface area contributed by atoms with E-state index in [4.69, 9.17) is 9.47 Å². The van der Waals surface area contributed by atoms with Crippen molar-refractivity contribution in [2.45, 2.75) is 21.0 Å². The minimum absolute atomic E-state index is 0.135. The molecule has 2 heterocycles. The zero-order chi connectivity index (χ0) is 29.7. The van der Waals surface area contributed by atoms with Crippen LogP contribution >= 0.6 is 47.0 Å². The summed E-state index contributed by atoms with van der Waals surface area (Å²) in [5.41, 5.74) is 11.2. The lowest BCUT2D eigenvalue weighted by Crippen LogP contribution is -2.14. The van der Waals surface area contributed by atoms with E-state index < -0.39 is 0 Å². The summed E-state index contributed by atoms with van der Waals surface area (Å²) in [7, 11) is 0. The van der Waals surface area contributed by atoms with Gasteiger partial charge in [0.15, 0.2) is 0 Å². The molecule has 0 radical (unpaired) electrons. The van der Waals surface area contributed by atoms with E-state index in [0.717, 1.165) is 23.0 Å². The maximum atomic E-state index is 13.0. The third kappa shape index (κ3) is 4.55. The molecule has 222 valence electrons. The van der Waals surface area contributed by atoms with E-state index in [1.165, 1.54) is 44.5 Å². The number of benzene rings is 4. The Bertz CT molecular complexity index is 1660. The van der Waals surface area contributed by atoms with Crippen molar-refractivity contribution < 1.29 is 19.1 Å². The minimum atomic E-state index is -0.306. The lowest BCUT2D eigenvalue weighted by atomic mass is 10.0. The quantitative estimate of drug-likeness (QED) is 0.145. The number of ether oxygens (including phenoxy) is 2. The van der Waals surface area contributed by atoms with Crippen molar-refractivity contribution in [3.05, 3.63) is 118 Å². The van der Waals surface area contributed by atoms with Gasteiger partial charge in [0.1, 0.15) is 8.16 Å². The lowest BCUT2D eigenvalue weighted by molar-refractivity contribution is 0.0432. The largest absolute Gasteiger partial charge is 0.462 e. The van der Waals surface area contributed by atoms with E-state index in [2.05, 4.69) is 60.7 Å². The molecular weight excluding hydrogens is 625 g/mol. The average molecular weight is 655 g/mol. The first-order valence-corrected chi connectivity index (χ1v) is 18.9. The van der Waals surface area contributed by atoms with Crippen LogP contribution in [0.15, 0.2) is 84.9 Å². The van der Waals surface area contributed by atoms with Gasteiger partial charge in [-0.1, -0.05) is 60.7 Å². The Balaban J connectivity index is 0.864. The van der Waals surface area contributed by atoms with Crippen LogP contribution in [0.5, 0.6) is 0 Å². The molecule has 44 heavy (non-hydrogen) atoms. The van der Waals surface area contributed by atoms with E-state index in [1.807, 2.05) is 71.3 Å². The van der Waals surface area contributed by atoms with Gasteiger partial charge in [0.05, 0.1) is 24.3 Å². The molecule has 8 heteroatoms. The van der Waals surface area contributed by atoms with Gasteiger partial charge in [-0.15, -0.1) is 47.0 Å². The number of carbonyl (C=O) groups is 2. The number of rotatable bonds is 7. The van der Waals surface area contributed by atoms with Gasteiger partial charge < -0.3 is 9.47 Å². The Kier molecular flexibility index (Phi) is 7.52. The first-order valence-electron chi connectivity index (χ1n) is 15.0. The van der Waals surface area contributed by atoms with Crippen LogP contribution in [0, 0.1) is 0 Å². The van der Waals surface area contributed by atoms with Crippen molar-refractivity contribution in [1.82, 2.24) is 0 Å². The Labute approximate surface area is 274 Å². The molecule has 0 unspecified atom stereocenters. The van der Waals surface area contributed by atoms with Crippen LogP contribution in [0.4, 0.5) is 0 Å². The highest BCUT2D eigenvalue weighted by Crippen LogP contribution is 2.65. The topological polar surface area (TPSA) is 52.6 Å². The summed E-state index contributed by atoms with van der Waals surface area (Å²) in [6, 6.07) is 29.2. The smallest absolute Gasteiger partial charge is 0.338 e. The molecule has 2 aliphatic carbocycles. The molecule has 8 rings (SSSR count). The molecular formula is C36H30O4S4. The van der Waals surface area contributed by atoms with Gasteiger partial charge in [-0.25, -0.2) is 9.59 Å². The Hall–Kier alpha value is -2.78. The van der Waals surface area contributed by atoms with Gasteiger partial charge in [0.2, 0.25) is 0 Å². The van der Waals surface area contributed by atoms with Gasteiger partial charge in [-0.05, 0) is 81.6 Å². The molecule has 0 N–H and O–H groups in total. The second-order valence-electron chi connectivity index (χ2n) is 11.2. The summed E-state index contributed by atoms with van der Waals surface area (Å²) < 4.78 is 11.0. The predicted octanol–water partition coefficient (Wildman–Crippen LogP) is 8.80. The van der Waals surface area contributed by atoms with Gasteiger partial charge in [0, 0.05) is 23.0 Å². The fourth-order valence-electron chi connectivity index (χ4n) is 6.80. The van der Waals surface area contributed by atoms with Crippen molar-refractivity contribution in [3.8, 4) is 22.3 Å². The summed E-state index contributed by atoms with van der Waals surface area (Å²) >= 11 is 7.84. The van der Waals surface area contributed by atoms with Crippen molar-refractivity contribution in [1.29, 1.82) is 0 Å².